The summed E-state index contributed by atoms with van der Waals surface area (Å²) in [4.78, 5) is 20.2. The van der Waals surface area contributed by atoms with E-state index in [1.165, 1.54) is 0 Å². The Morgan fingerprint density at radius 1 is 1.03 bits per heavy atom. The number of aromatic amines is 1. The number of aromatic nitrogens is 2. The molecular formula is C22H23ClN2O4. The van der Waals surface area contributed by atoms with Crippen molar-refractivity contribution in [1.82, 2.24) is 9.97 Å². The quantitative estimate of drug-likeness (QED) is 0.394. The van der Waals surface area contributed by atoms with Gasteiger partial charge in [-0.05, 0) is 43.3 Å². The van der Waals surface area contributed by atoms with Gasteiger partial charge < -0.3 is 19.2 Å². The fraction of sp³-hybridized carbons (Fsp3) is 0.273. The normalized spacial score (nSPS) is 10.7. The van der Waals surface area contributed by atoms with Crippen LogP contribution in [0.1, 0.15) is 23.8 Å². The lowest BCUT2D eigenvalue weighted by Crippen LogP contribution is -2.06. The molecule has 0 saturated carbocycles. The molecule has 7 heteroatoms. The van der Waals surface area contributed by atoms with Gasteiger partial charge in [-0.2, -0.15) is 0 Å². The highest BCUT2D eigenvalue weighted by Gasteiger charge is 2.20. The minimum absolute atomic E-state index is 0.280. The van der Waals surface area contributed by atoms with Crippen molar-refractivity contribution in [3.05, 3.63) is 59.2 Å². The maximum Gasteiger partial charge on any atom is 0.357 e. The number of methoxy groups -OCH3 is 1. The van der Waals surface area contributed by atoms with Gasteiger partial charge in [0.25, 0.3) is 0 Å². The van der Waals surface area contributed by atoms with Gasteiger partial charge in [0.2, 0.25) is 0 Å². The fourth-order valence-corrected chi connectivity index (χ4v) is 2.91. The van der Waals surface area contributed by atoms with Crippen LogP contribution in [0.3, 0.4) is 0 Å². The molecule has 0 aliphatic carbocycles. The average molecular weight is 415 g/mol. The molecule has 2 aromatic carbocycles. The smallest absolute Gasteiger partial charge is 0.357 e. The standard InChI is InChI=1S/C22H23ClN2O4/c1-3-28-22(26)20-19(15-5-9-17(23)10-6-15)24-21(25-20)16-7-11-18(12-8-16)29-14-4-13-27-2/h5-12H,3-4,13-14H2,1-2H3,(H,24,25). The van der Waals surface area contributed by atoms with E-state index < -0.39 is 5.97 Å². The summed E-state index contributed by atoms with van der Waals surface area (Å²) in [6.45, 7) is 3.29. The highest BCUT2D eigenvalue weighted by molar-refractivity contribution is 6.30. The molecule has 0 aliphatic heterocycles. The van der Waals surface area contributed by atoms with E-state index in [0.717, 1.165) is 23.3 Å². The molecule has 0 bridgehead atoms. The molecule has 0 spiro atoms. The number of nitrogens with one attached hydrogen (secondary N) is 1. The maximum atomic E-state index is 12.4. The van der Waals surface area contributed by atoms with E-state index in [0.29, 0.717) is 35.4 Å². The molecule has 0 atom stereocenters. The number of hydrogen-bond acceptors (Lipinski definition) is 5. The number of imidazole rings is 1. The van der Waals surface area contributed by atoms with Crippen LogP contribution in [0.4, 0.5) is 0 Å². The number of H-pyrrole nitrogens is 1. The van der Waals surface area contributed by atoms with Gasteiger partial charge in [-0.25, -0.2) is 9.78 Å². The van der Waals surface area contributed by atoms with Gasteiger partial charge in [-0.1, -0.05) is 23.7 Å². The second-order valence-corrected chi connectivity index (χ2v) is 6.69. The average Bonchev–Trinajstić information content (AvgIpc) is 3.18. The first-order valence-electron chi connectivity index (χ1n) is 9.37. The zero-order chi connectivity index (χ0) is 20.6. The van der Waals surface area contributed by atoms with Crippen molar-refractivity contribution in [2.75, 3.05) is 26.9 Å². The molecule has 1 aromatic heterocycles. The summed E-state index contributed by atoms with van der Waals surface area (Å²) in [5, 5.41) is 0.614. The number of carbonyl (C=O) groups is 1. The van der Waals surface area contributed by atoms with Crippen molar-refractivity contribution in [1.29, 1.82) is 0 Å². The molecule has 0 saturated heterocycles. The summed E-state index contributed by atoms with van der Waals surface area (Å²) in [7, 11) is 1.67. The van der Waals surface area contributed by atoms with E-state index in [2.05, 4.69) is 9.97 Å². The lowest BCUT2D eigenvalue weighted by atomic mass is 10.1. The van der Waals surface area contributed by atoms with Gasteiger partial charge in [-0.3, -0.25) is 0 Å². The minimum Gasteiger partial charge on any atom is -0.494 e. The van der Waals surface area contributed by atoms with E-state index >= 15 is 0 Å². The molecule has 1 heterocycles. The van der Waals surface area contributed by atoms with Crippen molar-refractivity contribution in [2.24, 2.45) is 0 Å². The Balaban J connectivity index is 1.86. The molecule has 29 heavy (non-hydrogen) atoms. The summed E-state index contributed by atoms with van der Waals surface area (Å²) in [6.07, 6.45) is 0.823. The summed E-state index contributed by atoms with van der Waals surface area (Å²) in [5.74, 6) is 0.887. The third-order valence-electron chi connectivity index (χ3n) is 4.19. The summed E-state index contributed by atoms with van der Waals surface area (Å²) in [6, 6.07) is 14.7. The molecule has 3 rings (SSSR count). The molecule has 0 fully saturated rings. The first kappa shape index (κ1) is 20.9. The number of nitrogens with zero attached hydrogens (tertiary/aromatic N) is 1. The SMILES string of the molecule is CCOC(=O)c1[nH]c(-c2ccc(OCCCOC)cc2)nc1-c1ccc(Cl)cc1. The Labute approximate surface area is 174 Å². The predicted molar refractivity (Wildman–Crippen MR) is 112 cm³/mol. The van der Waals surface area contributed by atoms with Gasteiger partial charge in [-0.15, -0.1) is 0 Å². The lowest BCUT2D eigenvalue weighted by molar-refractivity contribution is 0.0521. The summed E-state index contributed by atoms with van der Waals surface area (Å²) >= 11 is 5.98. The van der Waals surface area contributed by atoms with E-state index in [1.54, 1.807) is 26.2 Å². The molecule has 6 nitrogen and oxygen atoms in total. The number of halogens is 1. The van der Waals surface area contributed by atoms with E-state index in [1.807, 2.05) is 36.4 Å². The maximum absolute atomic E-state index is 12.4. The Bertz CT molecular complexity index is 936. The Hall–Kier alpha value is -2.83. The van der Waals surface area contributed by atoms with Gasteiger partial charge in [0.1, 0.15) is 17.3 Å². The van der Waals surface area contributed by atoms with Crippen LogP contribution in [0.15, 0.2) is 48.5 Å². The summed E-state index contributed by atoms with van der Waals surface area (Å²) < 4.78 is 15.9. The van der Waals surface area contributed by atoms with Crippen molar-refractivity contribution in [3.63, 3.8) is 0 Å². The van der Waals surface area contributed by atoms with Crippen LogP contribution in [-0.2, 0) is 9.47 Å². The van der Waals surface area contributed by atoms with Crippen LogP contribution in [0.5, 0.6) is 5.75 Å². The largest absolute Gasteiger partial charge is 0.494 e. The second kappa shape index (κ2) is 10.1. The zero-order valence-electron chi connectivity index (χ0n) is 16.4. The van der Waals surface area contributed by atoms with E-state index in [4.69, 9.17) is 25.8 Å². The molecule has 0 amide bonds. The van der Waals surface area contributed by atoms with Crippen molar-refractivity contribution < 1.29 is 19.0 Å². The van der Waals surface area contributed by atoms with Gasteiger partial charge in [0.05, 0.1) is 13.2 Å². The highest BCUT2D eigenvalue weighted by atomic mass is 35.5. The first-order chi connectivity index (χ1) is 14.1. The van der Waals surface area contributed by atoms with Crippen LogP contribution in [-0.4, -0.2) is 42.9 Å². The highest BCUT2D eigenvalue weighted by Crippen LogP contribution is 2.28. The van der Waals surface area contributed by atoms with Crippen LogP contribution < -0.4 is 4.74 Å². The number of rotatable bonds is 9. The number of benzene rings is 2. The topological polar surface area (TPSA) is 73.4 Å². The molecule has 0 radical (unpaired) electrons. The fourth-order valence-electron chi connectivity index (χ4n) is 2.78. The molecule has 0 unspecified atom stereocenters. The zero-order valence-corrected chi connectivity index (χ0v) is 17.2. The number of hydrogen-bond donors (Lipinski definition) is 1. The van der Waals surface area contributed by atoms with Gasteiger partial charge >= 0.3 is 5.97 Å². The Morgan fingerprint density at radius 3 is 2.38 bits per heavy atom. The van der Waals surface area contributed by atoms with Crippen molar-refractivity contribution in [3.8, 4) is 28.4 Å². The van der Waals surface area contributed by atoms with Crippen molar-refractivity contribution in [2.45, 2.75) is 13.3 Å². The lowest BCUT2D eigenvalue weighted by Gasteiger charge is -2.06. The van der Waals surface area contributed by atoms with Crippen LogP contribution in [0.2, 0.25) is 5.02 Å². The van der Waals surface area contributed by atoms with Crippen LogP contribution in [0, 0.1) is 0 Å². The second-order valence-electron chi connectivity index (χ2n) is 6.26. The van der Waals surface area contributed by atoms with Crippen LogP contribution in [0.25, 0.3) is 22.6 Å². The molecule has 0 aliphatic rings. The van der Waals surface area contributed by atoms with Crippen molar-refractivity contribution >= 4 is 17.6 Å². The molecule has 1 N–H and O–H groups in total. The number of esters is 1. The third kappa shape index (κ3) is 5.37. The number of carbonyl (C=O) groups excluding carboxylic acids is 1. The minimum atomic E-state index is -0.450. The predicted octanol–water partition coefficient (Wildman–Crippen LogP) is 4.99. The Morgan fingerprint density at radius 2 is 1.72 bits per heavy atom. The van der Waals surface area contributed by atoms with Gasteiger partial charge in [0.15, 0.2) is 5.69 Å². The van der Waals surface area contributed by atoms with Crippen LogP contribution >= 0.6 is 11.6 Å². The first-order valence-corrected chi connectivity index (χ1v) is 9.75. The van der Waals surface area contributed by atoms with E-state index in [9.17, 15) is 4.79 Å². The number of ether oxygens (including phenoxy) is 3. The monoisotopic (exact) mass is 414 g/mol. The molecule has 152 valence electrons. The third-order valence-corrected chi connectivity index (χ3v) is 4.44. The molecule has 3 aromatic rings. The van der Waals surface area contributed by atoms with Gasteiger partial charge in [0, 0.05) is 36.3 Å². The Kier molecular flexibility index (Phi) is 7.27. The molecular weight excluding hydrogens is 392 g/mol. The van der Waals surface area contributed by atoms with E-state index in [-0.39, 0.29) is 6.61 Å². The summed E-state index contributed by atoms with van der Waals surface area (Å²) in [5.41, 5.74) is 2.44.